The van der Waals surface area contributed by atoms with E-state index in [0.29, 0.717) is 28.0 Å². The van der Waals surface area contributed by atoms with Crippen molar-refractivity contribution < 1.29 is 23.5 Å². The number of aromatic nitrogens is 2. The van der Waals surface area contributed by atoms with Gasteiger partial charge in [0, 0.05) is 17.5 Å². The number of anilines is 1. The van der Waals surface area contributed by atoms with Crippen molar-refractivity contribution >= 4 is 41.0 Å². The summed E-state index contributed by atoms with van der Waals surface area (Å²) in [6.07, 6.45) is 0. The van der Waals surface area contributed by atoms with Gasteiger partial charge in [-0.05, 0) is 47.5 Å². The molecule has 2 aliphatic rings. The van der Waals surface area contributed by atoms with Crippen molar-refractivity contribution in [1.82, 2.24) is 15.1 Å². The van der Waals surface area contributed by atoms with Crippen LogP contribution >= 0.6 is 23.4 Å². The Hall–Kier alpha value is -4.02. The molecule has 222 valence electrons. The minimum Gasteiger partial charge on any atom is -0.454 e. The Morgan fingerprint density at radius 1 is 1.09 bits per heavy atom. The van der Waals surface area contributed by atoms with E-state index in [1.807, 2.05) is 36.4 Å². The number of benzene rings is 3. The Morgan fingerprint density at radius 2 is 1.84 bits per heavy atom. The van der Waals surface area contributed by atoms with Crippen LogP contribution in [0.1, 0.15) is 48.4 Å². The normalized spacial score (nSPS) is 16.2. The lowest BCUT2D eigenvalue weighted by molar-refractivity contribution is -0.123. The molecule has 1 atom stereocenters. The van der Waals surface area contributed by atoms with Gasteiger partial charge in [0.25, 0.3) is 0 Å². The van der Waals surface area contributed by atoms with E-state index < -0.39 is 5.41 Å². The van der Waals surface area contributed by atoms with Crippen LogP contribution in [0.2, 0.25) is 5.02 Å². The van der Waals surface area contributed by atoms with Crippen LogP contribution in [0.4, 0.5) is 10.2 Å². The van der Waals surface area contributed by atoms with Gasteiger partial charge in [-0.25, -0.2) is 9.07 Å². The lowest BCUT2D eigenvalue weighted by atomic mass is 9.87. The summed E-state index contributed by atoms with van der Waals surface area (Å²) < 4.78 is 26.3. The molecule has 1 aromatic heterocycles. The number of thioether (sulfide) groups is 1. The summed E-state index contributed by atoms with van der Waals surface area (Å²) in [6.45, 7) is 6.32. The molecule has 0 fully saturated rings. The average molecular weight is 621 g/mol. The molecular formula is C32H30ClFN4O4S. The van der Waals surface area contributed by atoms with Crippen molar-refractivity contribution in [2.24, 2.45) is 0 Å². The first kappa shape index (κ1) is 29.1. The maximum absolute atomic E-state index is 13.9. The first-order valence-corrected chi connectivity index (χ1v) is 15.2. The lowest BCUT2D eigenvalue weighted by Crippen LogP contribution is -2.42. The van der Waals surface area contributed by atoms with Crippen LogP contribution in [0.15, 0.2) is 66.7 Å². The van der Waals surface area contributed by atoms with Crippen LogP contribution in [0, 0.1) is 5.82 Å². The Bertz CT molecular complexity index is 1700. The largest absolute Gasteiger partial charge is 0.454 e. The number of carbonyl (C=O) groups is 2. The first-order chi connectivity index (χ1) is 20.6. The summed E-state index contributed by atoms with van der Waals surface area (Å²) in [5, 5.41) is 8.10. The fraction of sp³-hybridized carbons (Fsp3) is 0.281. The fourth-order valence-electron chi connectivity index (χ4n) is 5.21. The van der Waals surface area contributed by atoms with Gasteiger partial charge in [-0.1, -0.05) is 62.7 Å². The maximum atomic E-state index is 13.9. The third-order valence-electron chi connectivity index (χ3n) is 7.28. The topological polar surface area (TPSA) is 85.7 Å². The van der Waals surface area contributed by atoms with Crippen molar-refractivity contribution in [3.8, 4) is 17.2 Å². The molecule has 0 bridgehead atoms. The second kappa shape index (κ2) is 11.6. The number of hydrogen-bond donors (Lipinski definition) is 1. The molecule has 2 amide bonds. The predicted octanol–water partition coefficient (Wildman–Crippen LogP) is 6.18. The lowest BCUT2D eigenvalue weighted by Gasteiger charge is -2.24. The Kier molecular flexibility index (Phi) is 7.83. The van der Waals surface area contributed by atoms with Gasteiger partial charge < -0.3 is 14.8 Å². The molecule has 0 aliphatic carbocycles. The average Bonchev–Trinajstić information content (AvgIpc) is 3.58. The van der Waals surface area contributed by atoms with Crippen LogP contribution in [-0.4, -0.2) is 40.7 Å². The number of hydrogen-bond acceptors (Lipinski definition) is 6. The highest BCUT2D eigenvalue weighted by atomic mass is 35.5. The van der Waals surface area contributed by atoms with E-state index in [1.54, 1.807) is 22.9 Å². The summed E-state index contributed by atoms with van der Waals surface area (Å²) in [5.74, 6) is 0.983. The standard InChI is InChI=1S/C32H30ClFN4O4S/c1-32(2,3)30-28-29(20-10-13-24-25(14-20)42-18-41-24)43-17-27(40)37(16-26(39)35-15-19-8-11-21(34)12-9-19)31(28)38(36-30)23-7-5-4-6-22(23)33/h4-14,29H,15-18H2,1-3H3,(H,35,39). The molecule has 8 nitrogen and oxygen atoms in total. The van der Waals surface area contributed by atoms with Crippen molar-refractivity contribution in [2.45, 2.75) is 38.0 Å². The van der Waals surface area contributed by atoms with Gasteiger partial charge >= 0.3 is 0 Å². The molecule has 3 aromatic carbocycles. The summed E-state index contributed by atoms with van der Waals surface area (Å²) in [7, 11) is 0. The Labute approximate surface area is 258 Å². The molecule has 11 heteroatoms. The van der Waals surface area contributed by atoms with Gasteiger partial charge in [0.15, 0.2) is 11.5 Å². The van der Waals surface area contributed by atoms with Gasteiger partial charge in [-0.2, -0.15) is 5.10 Å². The third-order valence-corrected chi connectivity index (χ3v) is 8.86. The second-order valence-corrected chi connectivity index (χ2v) is 12.9. The van der Waals surface area contributed by atoms with Crippen LogP contribution in [0.5, 0.6) is 11.5 Å². The van der Waals surface area contributed by atoms with Crippen LogP contribution in [-0.2, 0) is 21.5 Å². The maximum Gasteiger partial charge on any atom is 0.240 e. The van der Waals surface area contributed by atoms with Crippen LogP contribution < -0.4 is 19.7 Å². The third kappa shape index (κ3) is 5.81. The first-order valence-electron chi connectivity index (χ1n) is 13.8. The number of nitrogens with zero attached hydrogens (tertiary/aromatic N) is 3. The van der Waals surface area contributed by atoms with Crippen molar-refractivity contribution in [3.63, 3.8) is 0 Å². The number of para-hydroxylation sites is 1. The van der Waals surface area contributed by atoms with E-state index in [-0.39, 0.29) is 48.5 Å². The summed E-state index contributed by atoms with van der Waals surface area (Å²) in [5.41, 5.74) is 3.45. The monoisotopic (exact) mass is 620 g/mol. The smallest absolute Gasteiger partial charge is 0.240 e. The number of rotatable bonds is 6. The number of ether oxygens (including phenoxy) is 2. The van der Waals surface area contributed by atoms with Crippen LogP contribution in [0.3, 0.4) is 0 Å². The zero-order chi connectivity index (χ0) is 30.3. The molecule has 4 aromatic rings. The molecule has 6 rings (SSSR count). The number of nitrogens with one attached hydrogen (secondary N) is 1. The zero-order valence-corrected chi connectivity index (χ0v) is 25.5. The van der Waals surface area contributed by atoms with Crippen molar-refractivity contribution in [2.75, 3.05) is 24.0 Å². The number of fused-ring (bicyclic) bond motifs is 2. The van der Waals surface area contributed by atoms with Gasteiger partial charge in [0.05, 0.1) is 27.4 Å². The van der Waals surface area contributed by atoms with E-state index in [0.717, 1.165) is 22.4 Å². The van der Waals surface area contributed by atoms with Crippen LogP contribution in [0.25, 0.3) is 5.69 Å². The highest BCUT2D eigenvalue weighted by molar-refractivity contribution is 8.00. The number of halogens is 2. The van der Waals surface area contributed by atoms with Gasteiger partial charge in [-0.3, -0.25) is 14.5 Å². The molecule has 0 spiro atoms. The SMILES string of the molecule is CC(C)(C)c1nn(-c2ccccc2Cl)c2c1C(c1ccc3c(c1)OCO3)SCC(=O)N2CC(=O)NCc1ccc(F)cc1. The molecule has 0 saturated heterocycles. The van der Waals surface area contributed by atoms with E-state index >= 15 is 0 Å². The summed E-state index contributed by atoms with van der Waals surface area (Å²) >= 11 is 8.17. The molecule has 2 aliphatic heterocycles. The molecule has 0 saturated carbocycles. The minimum absolute atomic E-state index is 0.130. The van der Waals surface area contributed by atoms with E-state index in [4.69, 9.17) is 26.2 Å². The van der Waals surface area contributed by atoms with Crippen molar-refractivity contribution in [3.05, 3.63) is 100.0 Å². The molecular weight excluding hydrogens is 591 g/mol. The molecule has 1 unspecified atom stereocenters. The predicted molar refractivity (Wildman–Crippen MR) is 165 cm³/mol. The second-order valence-electron chi connectivity index (χ2n) is 11.4. The molecule has 0 radical (unpaired) electrons. The molecule has 43 heavy (non-hydrogen) atoms. The Balaban J connectivity index is 1.47. The molecule has 1 N–H and O–H groups in total. The number of amides is 2. The summed E-state index contributed by atoms with van der Waals surface area (Å²) in [6, 6.07) is 19.0. The Morgan fingerprint density at radius 3 is 2.58 bits per heavy atom. The minimum atomic E-state index is -0.421. The molecule has 3 heterocycles. The fourth-order valence-corrected chi connectivity index (χ4v) is 6.61. The quantitative estimate of drug-likeness (QED) is 0.277. The number of carbonyl (C=O) groups excluding carboxylic acids is 2. The van der Waals surface area contributed by atoms with Crippen molar-refractivity contribution in [1.29, 1.82) is 0 Å². The van der Waals surface area contributed by atoms with E-state index in [2.05, 4.69) is 26.1 Å². The van der Waals surface area contributed by atoms with Gasteiger partial charge in [-0.15, -0.1) is 11.8 Å². The highest BCUT2D eigenvalue weighted by Gasteiger charge is 2.40. The summed E-state index contributed by atoms with van der Waals surface area (Å²) in [4.78, 5) is 28.7. The zero-order valence-electron chi connectivity index (χ0n) is 23.9. The van der Waals surface area contributed by atoms with E-state index in [9.17, 15) is 14.0 Å². The highest BCUT2D eigenvalue weighted by Crippen LogP contribution is 2.50. The van der Waals surface area contributed by atoms with Gasteiger partial charge in [0.1, 0.15) is 18.2 Å². The van der Waals surface area contributed by atoms with Gasteiger partial charge in [0.2, 0.25) is 18.6 Å². The van der Waals surface area contributed by atoms with E-state index in [1.165, 1.54) is 28.8 Å².